The molecular formula is C11H19NO7S2. The molecular weight excluding hydrogens is 322 g/mol. The van der Waals surface area contributed by atoms with Gasteiger partial charge in [-0.05, 0) is 12.8 Å². The second-order valence-corrected chi connectivity index (χ2v) is 9.66. The van der Waals surface area contributed by atoms with Crippen molar-refractivity contribution in [3.63, 3.8) is 0 Å². The number of amides is 1. The lowest BCUT2D eigenvalue weighted by molar-refractivity contribution is -0.145. The van der Waals surface area contributed by atoms with Crippen molar-refractivity contribution < 1.29 is 31.5 Å². The molecule has 0 saturated carbocycles. The molecule has 1 heterocycles. The van der Waals surface area contributed by atoms with Crippen molar-refractivity contribution in [3.8, 4) is 0 Å². The predicted octanol–water partition coefficient (Wildman–Crippen LogP) is -1.23. The molecule has 0 spiro atoms. The van der Waals surface area contributed by atoms with Crippen LogP contribution in [-0.2, 0) is 29.3 Å². The van der Waals surface area contributed by atoms with Crippen molar-refractivity contribution in [1.82, 2.24) is 4.90 Å². The largest absolute Gasteiger partial charge is 0.481 e. The van der Waals surface area contributed by atoms with E-state index in [1.165, 1.54) is 4.90 Å². The number of carbonyl (C=O) groups excluding carboxylic acids is 1. The summed E-state index contributed by atoms with van der Waals surface area (Å²) in [7, 11) is -7.18. The van der Waals surface area contributed by atoms with Crippen LogP contribution in [-0.4, -0.2) is 75.3 Å². The predicted molar refractivity (Wildman–Crippen MR) is 75.3 cm³/mol. The Morgan fingerprint density at radius 2 is 1.62 bits per heavy atom. The van der Waals surface area contributed by atoms with Crippen LogP contribution >= 0.6 is 0 Å². The van der Waals surface area contributed by atoms with Crippen molar-refractivity contribution in [1.29, 1.82) is 0 Å². The van der Waals surface area contributed by atoms with Crippen LogP contribution in [0, 0.1) is 5.92 Å². The van der Waals surface area contributed by atoms with Crippen molar-refractivity contribution in [3.05, 3.63) is 0 Å². The zero-order chi connectivity index (χ0) is 16.3. The number of carboxylic acids is 1. The summed E-state index contributed by atoms with van der Waals surface area (Å²) in [6.45, 7) is 0.412. The number of likely N-dealkylation sites (tertiary alicyclic amines) is 1. The van der Waals surface area contributed by atoms with E-state index in [0.29, 0.717) is 12.8 Å². The number of nitrogens with zero attached hydrogens (tertiary/aromatic N) is 1. The molecule has 0 aromatic rings. The summed E-state index contributed by atoms with van der Waals surface area (Å²) in [5.74, 6) is -3.85. The summed E-state index contributed by atoms with van der Waals surface area (Å²) in [5.41, 5.74) is 0. The summed E-state index contributed by atoms with van der Waals surface area (Å²) in [5, 5.41) is 8.84. The summed E-state index contributed by atoms with van der Waals surface area (Å²) < 4.78 is 45.3. The van der Waals surface area contributed by atoms with Crippen LogP contribution in [0.25, 0.3) is 0 Å². The lowest BCUT2D eigenvalue weighted by Gasteiger charge is -2.30. The first kappa shape index (κ1) is 17.9. The van der Waals surface area contributed by atoms with Gasteiger partial charge < -0.3 is 10.0 Å². The van der Waals surface area contributed by atoms with E-state index in [-0.39, 0.29) is 13.1 Å². The minimum Gasteiger partial charge on any atom is -0.481 e. The molecule has 0 aromatic carbocycles. The molecule has 1 fully saturated rings. The average molecular weight is 341 g/mol. The number of aliphatic carboxylic acids is 1. The van der Waals surface area contributed by atoms with Gasteiger partial charge in [-0.1, -0.05) is 0 Å². The Kier molecular flexibility index (Phi) is 5.74. The Labute approximate surface area is 124 Å². The number of sulfone groups is 2. The van der Waals surface area contributed by atoms with Gasteiger partial charge in [0.05, 0.1) is 17.4 Å². The maximum atomic E-state index is 11.9. The summed E-state index contributed by atoms with van der Waals surface area (Å²) in [6, 6.07) is 0. The zero-order valence-corrected chi connectivity index (χ0v) is 13.3. The van der Waals surface area contributed by atoms with Crippen molar-refractivity contribution in [2.45, 2.75) is 12.8 Å². The van der Waals surface area contributed by atoms with Crippen LogP contribution < -0.4 is 0 Å². The normalized spacial score (nSPS) is 17.7. The van der Waals surface area contributed by atoms with Crippen LogP contribution in [0.5, 0.6) is 0 Å². The summed E-state index contributed by atoms with van der Waals surface area (Å²) in [4.78, 5) is 24.0. The lowest BCUT2D eigenvalue weighted by Crippen LogP contribution is -2.43. The molecule has 1 amide bonds. The minimum atomic E-state index is -3.78. The first-order valence-electron chi connectivity index (χ1n) is 6.39. The number of hydrogen-bond acceptors (Lipinski definition) is 6. The lowest BCUT2D eigenvalue weighted by atomic mass is 9.97. The fraction of sp³-hybridized carbons (Fsp3) is 0.818. The Balaban J connectivity index is 2.52. The standard InChI is InChI=1S/C11H19NO7S2/c1-20(16,17)6-7-21(18,19)8-10(13)12-4-2-9(3-5-12)11(14)15/h9H,2-8H2,1H3,(H,14,15). The highest BCUT2D eigenvalue weighted by molar-refractivity contribution is 7.95. The third-order valence-corrected chi connectivity index (χ3v) is 6.02. The van der Waals surface area contributed by atoms with Gasteiger partial charge in [-0.2, -0.15) is 0 Å². The average Bonchev–Trinajstić information content (AvgIpc) is 2.35. The monoisotopic (exact) mass is 341 g/mol. The van der Waals surface area contributed by atoms with E-state index in [2.05, 4.69) is 0 Å². The maximum Gasteiger partial charge on any atom is 0.306 e. The van der Waals surface area contributed by atoms with E-state index in [1.54, 1.807) is 0 Å². The van der Waals surface area contributed by atoms with Crippen molar-refractivity contribution >= 4 is 31.6 Å². The molecule has 1 aliphatic heterocycles. The third-order valence-electron chi connectivity index (χ3n) is 3.31. The Hall–Kier alpha value is -1.16. The molecule has 1 aliphatic rings. The first-order valence-corrected chi connectivity index (χ1v) is 10.3. The van der Waals surface area contributed by atoms with Crippen LogP contribution in [0.1, 0.15) is 12.8 Å². The van der Waals surface area contributed by atoms with Gasteiger partial charge in [0.2, 0.25) is 5.91 Å². The highest BCUT2D eigenvalue weighted by Crippen LogP contribution is 2.17. The molecule has 122 valence electrons. The molecule has 0 atom stereocenters. The van der Waals surface area contributed by atoms with Crippen LogP contribution in [0.3, 0.4) is 0 Å². The molecule has 0 radical (unpaired) electrons. The molecule has 0 bridgehead atoms. The van der Waals surface area contributed by atoms with Crippen LogP contribution in [0.15, 0.2) is 0 Å². The highest BCUT2D eigenvalue weighted by Gasteiger charge is 2.29. The second-order valence-electron chi connectivity index (χ2n) is 5.22. The summed E-state index contributed by atoms with van der Waals surface area (Å²) >= 11 is 0. The number of piperidine rings is 1. The molecule has 1 saturated heterocycles. The second kappa shape index (κ2) is 6.73. The van der Waals surface area contributed by atoms with Crippen LogP contribution in [0.2, 0.25) is 0 Å². The fourth-order valence-electron chi connectivity index (χ4n) is 2.01. The van der Waals surface area contributed by atoms with E-state index in [9.17, 15) is 26.4 Å². The molecule has 1 rings (SSSR count). The van der Waals surface area contributed by atoms with Gasteiger partial charge >= 0.3 is 5.97 Å². The molecule has 21 heavy (non-hydrogen) atoms. The number of rotatable bonds is 6. The van der Waals surface area contributed by atoms with E-state index >= 15 is 0 Å². The number of carbonyl (C=O) groups is 2. The molecule has 0 unspecified atom stereocenters. The van der Waals surface area contributed by atoms with Gasteiger partial charge in [-0.3, -0.25) is 9.59 Å². The Morgan fingerprint density at radius 3 is 2.05 bits per heavy atom. The van der Waals surface area contributed by atoms with Gasteiger partial charge in [0.15, 0.2) is 9.84 Å². The smallest absolute Gasteiger partial charge is 0.306 e. The fourth-order valence-corrected chi connectivity index (χ4v) is 4.94. The molecule has 8 nitrogen and oxygen atoms in total. The van der Waals surface area contributed by atoms with E-state index < -0.39 is 54.7 Å². The van der Waals surface area contributed by atoms with E-state index in [0.717, 1.165) is 6.26 Å². The maximum absolute atomic E-state index is 11.9. The quantitative estimate of drug-likeness (QED) is 0.641. The van der Waals surface area contributed by atoms with E-state index in [4.69, 9.17) is 5.11 Å². The van der Waals surface area contributed by atoms with E-state index in [1.807, 2.05) is 0 Å². The molecule has 10 heteroatoms. The summed E-state index contributed by atoms with van der Waals surface area (Å²) in [6.07, 6.45) is 1.52. The molecule has 0 aromatic heterocycles. The number of hydrogen-bond donors (Lipinski definition) is 1. The van der Waals surface area contributed by atoms with Gasteiger partial charge in [0.1, 0.15) is 15.6 Å². The van der Waals surface area contributed by atoms with Gasteiger partial charge in [-0.25, -0.2) is 16.8 Å². The third kappa shape index (κ3) is 6.42. The van der Waals surface area contributed by atoms with Gasteiger partial charge in [-0.15, -0.1) is 0 Å². The first-order chi connectivity index (χ1) is 9.50. The molecule has 1 N–H and O–H groups in total. The molecule has 0 aliphatic carbocycles. The Morgan fingerprint density at radius 1 is 1.10 bits per heavy atom. The van der Waals surface area contributed by atoms with Crippen molar-refractivity contribution in [2.24, 2.45) is 5.92 Å². The van der Waals surface area contributed by atoms with Gasteiger partial charge in [0, 0.05) is 19.3 Å². The van der Waals surface area contributed by atoms with Crippen molar-refractivity contribution in [2.75, 3.05) is 36.6 Å². The SMILES string of the molecule is CS(=O)(=O)CCS(=O)(=O)CC(=O)N1CCC(C(=O)O)CC1. The highest BCUT2D eigenvalue weighted by atomic mass is 32.2. The van der Waals surface area contributed by atoms with Crippen LogP contribution in [0.4, 0.5) is 0 Å². The Bertz CT molecular complexity index is 600. The number of carboxylic acid groups (broad SMARTS) is 1. The topological polar surface area (TPSA) is 126 Å². The minimum absolute atomic E-state index is 0.206. The van der Waals surface area contributed by atoms with Gasteiger partial charge in [0.25, 0.3) is 0 Å². The zero-order valence-electron chi connectivity index (χ0n) is 11.7.